The molecule has 0 unspecified atom stereocenters. The Hall–Kier alpha value is -3.30. The molecule has 0 fully saturated rings. The van der Waals surface area contributed by atoms with Crippen LogP contribution in [0.3, 0.4) is 0 Å². The first-order valence-corrected chi connectivity index (χ1v) is 6.79. The van der Waals surface area contributed by atoms with E-state index in [0.29, 0.717) is 22.5 Å². The summed E-state index contributed by atoms with van der Waals surface area (Å²) in [6, 6.07) is 10.3. The van der Waals surface area contributed by atoms with Gasteiger partial charge in [-0.1, -0.05) is 24.3 Å². The summed E-state index contributed by atoms with van der Waals surface area (Å²) in [6.07, 6.45) is -3.24. The lowest BCUT2D eigenvalue weighted by Crippen LogP contribution is -2.10. The number of halogens is 3. The first-order chi connectivity index (χ1) is 11.5. The Labute approximate surface area is 132 Å². The zero-order valence-corrected chi connectivity index (χ0v) is 11.9. The zero-order valence-electron chi connectivity index (χ0n) is 11.9. The van der Waals surface area contributed by atoms with E-state index in [1.165, 1.54) is 12.3 Å². The van der Waals surface area contributed by atoms with Crippen LogP contribution >= 0.6 is 0 Å². The van der Waals surface area contributed by atoms with E-state index in [-0.39, 0.29) is 5.65 Å². The summed E-state index contributed by atoms with van der Waals surface area (Å²) >= 11 is 0. The van der Waals surface area contributed by atoms with Crippen LogP contribution in [0.2, 0.25) is 0 Å². The third-order valence-corrected chi connectivity index (χ3v) is 3.49. The van der Waals surface area contributed by atoms with Gasteiger partial charge < -0.3 is 0 Å². The van der Waals surface area contributed by atoms with E-state index in [1.54, 1.807) is 30.3 Å². The number of aromatic nitrogens is 7. The van der Waals surface area contributed by atoms with Crippen LogP contribution in [0.15, 0.2) is 42.6 Å². The van der Waals surface area contributed by atoms with Crippen molar-refractivity contribution in [3.8, 4) is 22.5 Å². The smallest absolute Gasteiger partial charge is 0.278 e. The molecule has 0 bridgehead atoms. The molecule has 1 N–H and O–H groups in total. The molecule has 0 aliphatic heterocycles. The predicted molar refractivity (Wildman–Crippen MR) is 76.6 cm³/mol. The van der Waals surface area contributed by atoms with Gasteiger partial charge in [0.2, 0.25) is 5.82 Å². The first-order valence-electron chi connectivity index (χ1n) is 6.79. The molecule has 0 aliphatic carbocycles. The molecule has 1 aromatic carbocycles. The lowest BCUT2D eigenvalue weighted by Gasteiger charge is -2.09. The molecule has 0 aliphatic rings. The van der Waals surface area contributed by atoms with Gasteiger partial charge in [-0.25, -0.2) is 5.10 Å². The average Bonchev–Trinajstić information content (AvgIpc) is 3.23. The standard InChI is InChI=1S/C14H8F3N7/c15-14(16,17)13-21-18-11-6-5-8(7-24(11)13)9-3-1-2-4-10(9)12-19-22-23-20-12/h1-7H,(H,19,20,22,23). The SMILES string of the molecule is FC(F)(F)c1nnc2ccc(-c3ccccc3-c3nnn[nH]3)cn12. The number of tetrazole rings is 1. The van der Waals surface area contributed by atoms with Crippen molar-refractivity contribution in [2.24, 2.45) is 0 Å². The molecule has 0 saturated carbocycles. The van der Waals surface area contributed by atoms with Crippen molar-refractivity contribution < 1.29 is 13.2 Å². The van der Waals surface area contributed by atoms with Gasteiger partial charge in [0.15, 0.2) is 11.5 Å². The Balaban J connectivity index is 1.92. The van der Waals surface area contributed by atoms with E-state index in [9.17, 15) is 13.2 Å². The average molecular weight is 331 g/mol. The number of benzene rings is 1. The van der Waals surface area contributed by atoms with Crippen LogP contribution in [0.4, 0.5) is 13.2 Å². The van der Waals surface area contributed by atoms with Crippen LogP contribution in [0.1, 0.15) is 5.82 Å². The molecular weight excluding hydrogens is 323 g/mol. The Bertz CT molecular complexity index is 1000. The van der Waals surface area contributed by atoms with Crippen LogP contribution in [-0.4, -0.2) is 35.2 Å². The topological polar surface area (TPSA) is 84.7 Å². The summed E-state index contributed by atoms with van der Waals surface area (Å²) in [4.78, 5) is 0. The zero-order chi connectivity index (χ0) is 16.7. The maximum atomic E-state index is 13.0. The highest BCUT2D eigenvalue weighted by Gasteiger charge is 2.36. The highest BCUT2D eigenvalue weighted by atomic mass is 19.4. The number of alkyl halides is 3. The molecule has 7 nitrogen and oxygen atoms in total. The fourth-order valence-corrected chi connectivity index (χ4v) is 2.46. The van der Waals surface area contributed by atoms with Crippen molar-refractivity contribution >= 4 is 5.65 Å². The van der Waals surface area contributed by atoms with E-state index >= 15 is 0 Å². The van der Waals surface area contributed by atoms with Gasteiger partial charge >= 0.3 is 6.18 Å². The summed E-state index contributed by atoms with van der Waals surface area (Å²) in [5.74, 6) is -0.649. The van der Waals surface area contributed by atoms with Crippen molar-refractivity contribution in [3.63, 3.8) is 0 Å². The van der Waals surface area contributed by atoms with Crippen molar-refractivity contribution in [1.82, 2.24) is 35.2 Å². The summed E-state index contributed by atoms with van der Waals surface area (Å²) in [5.41, 5.74) is 2.02. The molecule has 4 aromatic rings. The van der Waals surface area contributed by atoms with Crippen molar-refractivity contribution in [2.75, 3.05) is 0 Å². The largest absolute Gasteiger partial charge is 0.452 e. The maximum Gasteiger partial charge on any atom is 0.452 e. The van der Waals surface area contributed by atoms with Gasteiger partial charge in [-0.2, -0.15) is 13.2 Å². The second-order valence-corrected chi connectivity index (χ2v) is 4.96. The van der Waals surface area contributed by atoms with Gasteiger partial charge in [-0.3, -0.25) is 4.40 Å². The third-order valence-electron chi connectivity index (χ3n) is 3.49. The number of nitrogens with one attached hydrogen (secondary N) is 1. The fraction of sp³-hybridized carbons (Fsp3) is 0.0714. The van der Waals surface area contributed by atoms with E-state index in [0.717, 1.165) is 4.40 Å². The molecular formula is C14H8F3N7. The molecule has 0 atom stereocenters. The molecule has 0 saturated heterocycles. The van der Waals surface area contributed by atoms with E-state index in [4.69, 9.17) is 0 Å². The Morgan fingerprint density at radius 3 is 2.42 bits per heavy atom. The van der Waals surface area contributed by atoms with Gasteiger partial charge in [0.25, 0.3) is 0 Å². The monoisotopic (exact) mass is 331 g/mol. The summed E-state index contributed by atoms with van der Waals surface area (Å²) in [6.45, 7) is 0. The third kappa shape index (κ3) is 2.28. The highest BCUT2D eigenvalue weighted by Crippen LogP contribution is 2.32. The van der Waals surface area contributed by atoms with Gasteiger partial charge in [-0.05, 0) is 33.7 Å². The minimum Gasteiger partial charge on any atom is -0.278 e. The van der Waals surface area contributed by atoms with Gasteiger partial charge in [-0.15, -0.1) is 15.3 Å². The fourth-order valence-electron chi connectivity index (χ4n) is 2.46. The molecule has 0 radical (unpaired) electrons. The van der Waals surface area contributed by atoms with Crippen molar-refractivity contribution in [1.29, 1.82) is 0 Å². The highest BCUT2D eigenvalue weighted by molar-refractivity contribution is 5.80. The molecule has 24 heavy (non-hydrogen) atoms. The lowest BCUT2D eigenvalue weighted by atomic mass is 10.0. The van der Waals surface area contributed by atoms with Crippen molar-refractivity contribution in [2.45, 2.75) is 6.18 Å². The van der Waals surface area contributed by atoms with Crippen LogP contribution in [0.25, 0.3) is 28.2 Å². The minimum atomic E-state index is -4.59. The lowest BCUT2D eigenvalue weighted by molar-refractivity contribution is -0.145. The molecule has 3 heterocycles. The number of pyridine rings is 1. The Morgan fingerprint density at radius 1 is 0.917 bits per heavy atom. The number of fused-ring (bicyclic) bond motifs is 1. The van der Waals surface area contributed by atoms with E-state index < -0.39 is 12.0 Å². The molecule has 120 valence electrons. The molecule has 0 spiro atoms. The van der Waals surface area contributed by atoms with Gasteiger partial charge in [0.05, 0.1) is 0 Å². The quantitative estimate of drug-likeness (QED) is 0.610. The van der Waals surface area contributed by atoms with Crippen LogP contribution < -0.4 is 0 Å². The number of H-pyrrole nitrogens is 1. The second kappa shape index (κ2) is 5.11. The van der Waals surface area contributed by atoms with E-state index in [1.807, 2.05) is 0 Å². The molecule has 0 amide bonds. The minimum absolute atomic E-state index is 0.116. The maximum absolute atomic E-state index is 13.0. The summed E-state index contributed by atoms with van der Waals surface area (Å²) in [7, 11) is 0. The van der Waals surface area contributed by atoms with E-state index in [2.05, 4.69) is 30.8 Å². The normalized spacial score (nSPS) is 12.0. The van der Waals surface area contributed by atoms with Crippen LogP contribution in [0, 0.1) is 0 Å². The summed E-state index contributed by atoms with van der Waals surface area (Å²) < 4.78 is 40.0. The number of nitrogens with zero attached hydrogens (tertiary/aromatic N) is 6. The van der Waals surface area contributed by atoms with Gasteiger partial charge in [0.1, 0.15) is 0 Å². The first kappa shape index (κ1) is 14.3. The predicted octanol–water partition coefficient (Wildman–Crippen LogP) is 2.60. The van der Waals surface area contributed by atoms with Crippen molar-refractivity contribution in [3.05, 3.63) is 48.4 Å². The Morgan fingerprint density at radius 2 is 1.71 bits per heavy atom. The molecule has 4 rings (SSSR count). The molecule has 10 heteroatoms. The second-order valence-electron chi connectivity index (χ2n) is 4.96. The molecule has 3 aromatic heterocycles. The van der Waals surface area contributed by atoms with Gasteiger partial charge in [0, 0.05) is 11.8 Å². The Kier molecular flexibility index (Phi) is 3.05. The van der Waals surface area contributed by atoms with Crippen LogP contribution in [-0.2, 0) is 6.18 Å². The number of rotatable bonds is 2. The number of hydrogen-bond acceptors (Lipinski definition) is 5. The number of hydrogen-bond donors (Lipinski definition) is 1. The van der Waals surface area contributed by atoms with Crippen LogP contribution in [0.5, 0.6) is 0 Å². The summed E-state index contributed by atoms with van der Waals surface area (Å²) in [5, 5.41) is 20.3. The number of aromatic amines is 1.